The van der Waals surface area contributed by atoms with Crippen molar-refractivity contribution in [2.45, 2.75) is 13.0 Å². The summed E-state index contributed by atoms with van der Waals surface area (Å²) in [5, 5.41) is 0.756. The van der Waals surface area contributed by atoms with Gasteiger partial charge in [-0.3, -0.25) is 9.78 Å². The van der Waals surface area contributed by atoms with Gasteiger partial charge in [-0.05, 0) is 19.1 Å². The number of halogens is 1. The van der Waals surface area contributed by atoms with E-state index in [1.807, 2.05) is 17.9 Å². The van der Waals surface area contributed by atoms with E-state index in [-0.39, 0.29) is 12.0 Å². The van der Waals surface area contributed by atoms with Crippen LogP contribution in [0.4, 0.5) is 0 Å². The maximum Gasteiger partial charge on any atom is 0.254 e. The monoisotopic (exact) mass is 298 g/mol. The second-order valence-electron chi connectivity index (χ2n) is 4.08. The molecule has 0 aromatic carbocycles. The Morgan fingerprint density at radius 1 is 1.71 bits per heavy atom. The number of nitrogens with zero attached hydrogens (tertiary/aromatic N) is 2. The third-order valence-corrected chi connectivity index (χ3v) is 3.46. The maximum atomic E-state index is 12.2. The van der Waals surface area contributed by atoms with Crippen LogP contribution in [0.1, 0.15) is 16.1 Å². The second-order valence-corrected chi connectivity index (χ2v) is 4.73. The van der Waals surface area contributed by atoms with E-state index >= 15 is 0 Å². The lowest BCUT2D eigenvalue weighted by molar-refractivity contribution is -0.00965. The van der Waals surface area contributed by atoms with Gasteiger partial charge in [0.25, 0.3) is 5.91 Å². The van der Waals surface area contributed by atoms with Crippen LogP contribution < -0.4 is 0 Å². The Morgan fingerprint density at radius 2 is 2.53 bits per heavy atom. The Kier molecular flexibility index (Phi) is 4.12. The normalized spacial score (nSPS) is 20.4. The zero-order chi connectivity index (χ0) is 12.3. The molecule has 92 valence electrons. The van der Waals surface area contributed by atoms with Gasteiger partial charge in [0.15, 0.2) is 0 Å². The first-order chi connectivity index (χ1) is 8.20. The second kappa shape index (κ2) is 5.60. The fraction of sp³-hybridized carbons (Fsp3) is 0.500. The third-order valence-electron chi connectivity index (χ3n) is 2.74. The molecule has 1 aromatic heterocycles. The van der Waals surface area contributed by atoms with Crippen molar-refractivity contribution in [2.75, 3.05) is 25.0 Å². The van der Waals surface area contributed by atoms with Gasteiger partial charge in [-0.2, -0.15) is 0 Å². The molecule has 4 nitrogen and oxygen atoms in total. The number of carbonyl (C=O) groups is 1. The molecular formula is C12H15BrN2O2. The fourth-order valence-electron chi connectivity index (χ4n) is 1.86. The number of pyridine rings is 1. The van der Waals surface area contributed by atoms with Gasteiger partial charge in [-0.25, -0.2) is 0 Å². The summed E-state index contributed by atoms with van der Waals surface area (Å²) in [6, 6.07) is 3.58. The molecule has 1 amide bonds. The van der Waals surface area contributed by atoms with Crippen molar-refractivity contribution < 1.29 is 9.53 Å². The largest absolute Gasteiger partial charge is 0.374 e. The van der Waals surface area contributed by atoms with E-state index in [0.29, 0.717) is 25.3 Å². The molecule has 17 heavy (non-hydrogen) atoms. The summed E-state index contributed by atoms with van der Waals surface area (Å²) < 4.78 is 5.51. The van der Waals surface area contributed by atoms with Crippen molar-refractivity contribution in [1.29, 1.82) is 0 Å². The number of hydrogen-bond acceptors (Lipinski definition) is 3. The molecule has 0 N–H and O–H groups in total. The minimum absolute atomic E-state index is 0.0600. The standard InChI is InChI=1S/C12H15BrN2O2/c1-9-6-10(2-3-14-9)12(16)15-4-5-17-11(7-13)8-15/h2-3,6,11H,4-5,7-8H2,1H3. The van der Waals surface area contributed by atoms with Gasteiger partial charge in [-0.1, -0.05) is 15.9 Å². The SMILES string of the molecule is Cc1cc(C(=O)N2CCOC(CBr)C2)ccn1. The number of hydrogen-bond donors (Lipinski definition) is 0. The van der Waals surface area contributed by atoms with Gasteiger partial charge in [0.2, 0.25) is 0 Å². The van der Waals surface area contributed by atoms with Gasteiger partial charge < -0.3 is 9.64 Å². The Hall–Kier alpha value is -0.940. The van der Waals surface area contributed by atoms with Crippen LogP contribution in [0.2, 0.25) is 0 Å². The predicted molar refractivity (Wildman–Crippen MR) is 68.4 cm³/mol. The van der Waals surface area contributed by atoms with E-state index in [1.54, 1.807) is 12.3 Å². The topological polar surface area (TPSA) is 42.4 Å². The zero-order valence-corrected chi connectivity index (χ0v) is 11.3. The van der Waals surface area contributed by atoms with Gasteiger partial charge in [0.05, 0.1) is 12.7 Å². The molecule has 0 aliphatic carbocycles. The molecular weight excluding hydrogens is 284 g/mol. The molecule has 1 atom stereocenters. The zero-order valence-electron chi connectivity index (χ0n) is 9.73. The van der Waals surface area contributed by atoms with E-state index in [1.165, 1.54) is 0 Å². The van der Waals surface area contributed by atoms with Crippen LogP contribution >= 0.6 is 15.9 Å². The van der Waals surface area contributed by atoms with Crippen LogP contribution in [-0.4, -0.2) is 46.9 Å². The fourth-order valence-corrected chi connectivity index (χ4v) is 2.25. The number of rotatable bonds is 2. The molecule has 5 heteroatoms. The van der Waals surface area contributed by atoms with Crippen molar-refractivity contribution in [2.24, 2.45) is 0 Å². The van der Waals surface area contributed by atoms with Gasteiger partial charge >= 0.3 is 0 Å². The Morgan fingerprint density at radius 3 is 3.24 bits per heavy atom. The molecule has 1 aliphatic rings. The highest BCUT2D eigenvalue weighted by Gasteiger charge is 2.24. The number of carbonyl (C=O) groups excluding carboxylic acids is 1. The van der Waals surface area contributed by atoms with Crippen molar-refractivity contribution in [3.05, 3.63) is 29.6 Å². The summed E-state index contributed by atoms with van der Waals surface area (Å²) in [6.07, 6.45) is 1.76. The number of ether oxygens (including phenoxy) is 1. The molecule has 1 unspecified atom stereocenters. The Labute approximate surface area is 109 Å². The Balaban J connectivity index is 2.09. The highest BCUT2D eigenvalue weighted by Crippen LogP contribution is 2.12. The maximum absolute atomic E-state index is 12.2. The van der Waals surface area contributed by atoms with Gasteiger partial charge in [0.1, 0.15) is 0 Å². The third kappa shape index (κ3) is 3.04. The first-order valence-electron chi connectivity index (χ1n) is 5.60. The average Bonchev–Trinajstić information content (AvgIpc) is 2.38. The van der Waals surface area contributed by atoms with Crippen molar-refractivity contribution >= 4 is 21.8 Å². The summed E-state index contributed by atoms with van der Waals surface area (Å²) in [6.45, 7) is 3.79. The highest BCUT2D eigenvalue weighted by molar-refractivity contribution is 9.09. The molecule has 0 spiro atoms. The summed E-state index contributed by atoms with van der Waals surface area (Å²) in [7, 11) is 0. The lowest BCUT2D eigenvalue weighted by Crippen LogP contribution is -2.46. The lowest BCUT2D eigenvalue weighted by Gasteiger charge is -2.32. The minimum Gasteiger partial charge on any atom is -0.374 e. The molecule has 2 heterocycles. The molecule has 1 aromatic rings. The average molecular weight is 299 g/mol. The van der Waals surface area contributed by atoms with Crippen LogP contribution in [-0.2, 0) is 4.74 Å². The molecule has 0 saturated carbocycles. The quantitative estimate of drug-likeness (QED) is 0.780. The lowest BCUT2D eigenvalue weighted by atomic mass is 10.2. The van der Waals surface area contributed by atoms with E-state index in [4.69, 9.17) is 4.74 Å². The van der Waals surface area contributed by atoms with Crippen molar-refractivity contribution in [3.63, 3.8) is 0 Å². The van der Waals surface area contributed by atoms with Crippen LogP contribution in [0.15, 0.2) is 18.3 Å². The molecule has 1 fully saturated rings. The van der Waals surface area contributed by atoms with E-state index < -0.39 is 0 Å². The van der Waals surface area contributed by atoms with Gasteiger partial charge in [-0.15, -0.1) is 0 Å². The molecule has 0 radical (unpaired) electrons. The number of amides is 1. The van der Waals surface area contributed by atoms with E-state index in [0.717, 1.165) is 11.0 Å². The number of aromatic nitrogens is 1. The first kappa shape index (κ1) is 12.5. The summed E-state index contributed by atoms with van der Waals surface area (Å²) in [5.41, 5.74) is 1.56. The predicted octanol–water partition coefficient (Wildman–Crippen LogP) is 1.63. The van der Waals surface area contributed by atoms with Crippen LogP contribution in [0.25, 0.3) is 0 Å². The number of alkyl halides is 1. The van der Waals surface area contributed by atoms with Crippen molar-refractivity contribution in [1.82, 2.24) is 9.88 Å². The molecule has 0 bridgehead atoms. The smallest absolute Gasteiger partial charge is 0.254 e. The highest BCUT2D eigenvalue weighted by atomic mass is 79.9. The summed E-state index contributed by atoms with van der Waals surface area (Å²) >= 11 is 3.38. The number of morpholine rings is 1. The summed E-state index contributed by atoms with van der Waals surface area (Å²) in [5.74, 6) is 0.0600. The Bertz CT molecular complexity index is 411. The molecule has 1 aliphatic heterocycles. The van der Waals surface area contributed by atoms with Crippen LogP contribution in [0.3, 0.4) is 0 Å². The van der Waals surface area contributed by atoms with E-state index in [9.17, 15) is 4.79 Å². The van der Waals surface area contributed by atoms with Crippen LogP contribution in [0, 0.1) is 6.92 Å². The van der Waals surface area contributed by atoms with Crippen LogP contribution in [0.5, 0.6) is 0 Å². The van der Waals surface area contributed by atoms with Crippen molar-refractivity contribution in [3.8, 4) is 0 Å². The summed E-state index contributed by atoms with van der Waals surface area (Å²) in [4.78, 5) is 18.2. The first-order valence-corrected chi connectivity index (χ1v) is 6.72. The molecule has 1 saturated heterocycles. The number of aryl methyl sites for hydroxylation is 1. The van der Waals surface area contributed by atoms with Gasteiger partial charge in [0, 0.05) is 35.9 Å². The van der Waals surface area contributed by atoms with E-state index in [2.05, 4.69) is 20.9 Å². The molecule has 2 rings (SSSR count). The minimum atomic E-state index is 0.0600.